The summed E-state index contributed by atoms with van der Waals surface area (Å²) in [5.74, 6) is -0.0527. The monoisotopic (exact) mass is 340 g/mol. The highest BCUT2D eigenvalue weighted by Gasteiger charge is 2.51. The van der Waals surface area contributed by atoms with Crippen molar-refractivity contribution in [1.29, 1.82) is 0 Å². The average molecular weight is 340 g/mol. The van der Waals surface area contributed by atoms with Crippen LogP contribution in [-0.2, 0) is 4.79 Å². The summed E-state index contributed by atoms with van der Waals surface area (Å²) in [5.41, 5.74) is 2.60. The number of carbonyl (C=O) groups is 1. The van der Waals surface area contributed by atoms with Gasteiger partial charge in [0.05, 0.1) is 5.41 Å². The second-order valence-electron chi connectivity index (χ2n) is 8.65. The number of hydrogen-bond acceptors (Lipinski definition) is 3. The highest BCUT2D eigenvalue weighted by atomic mass is 16.4. The van der Waals surface area contributed by atoms with Crippen LogP contribution in [0.25, 0.3) is 0 Å². The number of rotatable bonds is 6. The van der Waals surface area contributed by atoms with Gasteiger partial charge in [0.25, 0.3) is 0 Å². The Hall–Kier alpha value is -1.68. The molecule has 134 valence electrons. The zero-order valence-corrected chi connectivity index (χ0v) is 15.1. The van der Waals surface area contributed by atoms with Crippen molar-refractivity contribution in [1.82, 2.24) is 4.90 Å². The Labute approximate surface area is 149 Å². The summed E-state index contributed by atoms with van der Waals surface area (Å²) in [6.45, 7) is 6.03. The standard InChI is InChI=1S/C21H28N2O2/c1-20(14-22-18-13-17(18)16-5-3-2-4-6-16)9-11-23(12-10-20)15-21(7-8-21)19(24)25/h2-6,17H,7-15H2,1H3,(H,24,25). The fourth-order valence-electron chi connectivity index (χ4n) is 4.04. The molecule has 0 amide bonds. The lowest BCUT2D eigenvalue weighted by Crippen LogP contribution is -2.43. The number of piperidine rings is 1. The van der Waals surface area contributed by atoms with Crippen LogP contribution < -0.4 is 0 Å². The van der Waals surface area contributed by atoms with Crippen LogP contribution in [0.1, 0.15) is 50.5 Å². The number of carboxylic acids is 1. The first-order chi connectivity index (χ1) is 12.0. The van der Waals surface area contributed by atoms with E-state index in [9.17, 15) is 9.90 Å². The van der Waals surface area contributed by atoms with E-state index in [4.69, 9.17) is 4.99 Å². The Kier molecular flexibility index (Phi) is 4.19. The van der Waals surface area contributed by atoms with Gasteiger partial charge in [-0.15, -0.1) is 0 Å². The van der Waals surface area contributed by atoms with Crippen molar-refractivity contribution in [2.75, 3.05) is 26.2 Å². The zero-order valence-electron chi connectivity index (χ0n) is 15.1. The Bertz CT molecular complexity index is 670. The van der Waals surface area contributed by atoms with Gasteiger partial charge in [0.15, 0.2) is 0 Å². The van der Waals surface area contributed by atoms with Gasteiger partial charge >= 0.3 is 5.97 Å². The summed E-state index contributed by atoms with van der Waals surface area (Å²) in [7, 11) is 0. The maximum absolute atomic E-state index is 11.4. The van der Waals surface area contributed by atoms with Gasteiger partial charge in [-0.3, -0.25) is 9.79 Å². The summed E-state index contributed by atoms with van der Waals surface area (Å²) in [5, 5.41) is 9.36. The molecule has 1 N–H and O–H groups in total. The lowest BCUT2D eigenvalue weighted by atomic mass is 9.80. The maximum atomic E-state index is 11.4. The van der Waals surface area contributed by atoms with Crippen LogP contribution in [0.3, 0.4) is 0 Å². The molecule has 1 saturated heterocycles. The molecule has 25 heavy (non-hydrogen) atoms. The Morgan fingerprint density at radius 1 is 1.20 bits per heavy atom. The smallest absolute Gasteiger partial charge is 0.310 e. The van der Waals surface area contributed by atoms with Crippen molar-refractivity contribution in [3.8, 4) is 0 Å². The molecule has 0 aromatic heterocycles. The van der Waals surface area contributed by atoms with Crippen molar-refractivity contribution >= 4 is 11.7 Å². The summed E-state index contributed by atoms with van der Waals surface area (Å²) in [6.07, 6.45) is 5.06. The molecule has 1 atom stereocenters. The number of hydrogen-bond donors (Lipinski definition) is 1. The van der Waals surface area contributed by atoms with Crippen molar-refractivity contribution in [2.45, 2.75) is 44.9 Å². The van der Waals surface area contributed by atoms with Crippen molar-refractivity contribution in [3.05, 3.63) is 35.9 Å². The summed E-state index contributed by atoms with van der Waals surface area (Å²) in [6, 6.07) is 10.7. The first-order valence-corrected chi connectivity index (χ1v) is 9.54. The molecule has 0 radical (unpaired) electrons. The van der Waals surface area contributed by atoms with Crippen molar-refractivity contribution in [2.24, 2.45) is 15.8 Å². The fourth-order valence-corrected chi connectivity index (χ4v) is 4.04. The van der Waals surface area contributed by atoms with Crippen LogP contribution >= 0.6 is 0 Å². The Morgan fingerprint density at radius 3 is 2.48 bits per heavy atom. The lowest BCUT2D eigenvalue weighted by molar-refractivity contribution is -0.144. The predicted octanol–water partition coefficient (Wildman–Crippen LogP) is 3.58. The quantitative estimate of drug-likeness (QED) is 0.861. The average Bonchev–Trinajstić information content (AvgIpc) is 3.52. The molecule has 2 aliphatic carbocycles. The second-order valence-corrected chi connectivity index (χ2v) is 8.65. The third-order valence-electron chi connectivity index (χ3n) is 6.42. The summed E-state index contributed by atoms with van der Waals surface area (Å²) < 4.78 is 0. The molecule has 1 aliphatic heterocycles. The van der Waals surface area contributed by atoms with Crippen molar-refractivity contribution in [3.63, 3.8) is 0 Å². The van der Waals surface area contributed by atoms with E-state index < -0.39 is 11.4 Å². The van der Waals surface area contributed by atoms with E-state index in [0.29, 0.717) is 5.92 Å². The van der Waals surface area contributed by atoms with Gasteiger partial charge in [0.2, 0.25) is 0 Å². The van der Waals surface area contributed by atoms with Gasteiger partial charge < -0.3 is 10.0 Å². The molecule has 2 saturated carbocycles. The van der Waals surface area contributed by atoms with Crippen molar-refractivity contribution < 1.29 is 9.90 Å². The minimum absolute atomic E-state index is 0.271. The van der Waals surface area contributed by atoms with E-state index in [0.717, 1.165) is 58.3 Å². The van der Waals surface area contributed by atoms with Gasteiger partial charge in [-0.05, 0) is 56.2 Å². The van der Waals surface area contributed by atoms with Crippen LogP contribution in [0.2, 0.25) is 0 Å². The lowest BCUT2D eigenvalue weighted by Gasteiger charge is -2.39. The minimum atomic E-state index is -0.604. The molecule has 4 heteroatoms. The number of benzene rings is 1. The van der Waals surface area contributed by atoms with Crippen LogP contribution in [0, 0.1) is 10.8 Å². The molecule has 1 unspecified atom stereocenters. The number of likely N-dealkylation sites (tertiary alicyclic amines) is 1. The minimum Gasteiger partial charge on any atom is -0.481 e. The topological polar surface area (TPSA) is 52.9 Å². The van der Waals surface area contributed by atoms with E-state index in [2.05, 4.69) is 42.2 Å². The maximum Gasteiger partial charge on any atom is 0.310 e. The van der Waals surface area contributed by atoms with E-state index in [1.54, 1.807) is 0 Å². The van der Waals surface area contributed by atoms with Gasteiger partial charge in [-0.1, -0.05) is 37.3 Å². The number of aliphatic imine (C=N–C) groups is 1. The van der Waals surface area contributed by atoms with E-state index in [1.165, 1.54) is 11.3 Å². The Balaban J connectivity index is 1.27. The van der Waals surface area contributed by atoms with Crippen LogP contribution in [0.5, 0.6) is 0 Å². The van der Waals surface area contributed by atoms with Gasteiger partial charge in [-0.25, -0.2) is 0 Å². The molecule has 3 fully saturated rings. The largest absolute Gasteiger partial charge is 0.481 e. The fraction of sp³-hybridized carbons (Fsp3) is 0.619. The van der Waals surface area contributed by atoms with E-state index >= 15 is 0 Å². The molecule has 1 heterocycles. The zero-order chi connectivity index (χ0) is 17.5. The molecule has 0 bridgehead atoms. The summed E-state index contributed by atoms with van der Waals surface area (Å²) >= 11 is 0. The highest BCUT2D eigenvalue weighted by molar-refractivity contribution is 6.05. The Morgan fingerprint density at radius 2 is 1.88 bits per heavy atom. The van der Waals surface area contributed by atoms with E-state index in [-0.39, 0.29) is 5.41 Å². The van der Waals surface area contributed by atoms with Gasteiger partial charge in [0.1, 0.15) is 0 Å². The molecule has 4 nitrogen and oxygen atoms in total. The SMILES string of the molecule is CC1(CN=C2CC2c2ccccc2)CCN(CC2(C(=O)O)CC2)CC1. The predicted molar refractivity (Wildman–Crippen MR) is 99.2 cm³/mol. The van der Waals surface area contributed by atoms with Crippen LogP contribution in [-0.4, -0.2) is 47.9 Å². The molecule has 1 aromatic carbocycles. The van der Waals surface area contributed by atoms with E-state index in [1.807, 2.05) is 0 Å². The molecule has 4 rings (SSSR count). The third-order valence-corrected chi connectivity index (χ3v) is 6.42. The molecular weight excluding hydrogens is 312 g/mol. The highest BCUT2D eigenvalue weighted by Crippen LogP contribution is 2.47. The molecular formula is C21H28N2O2. The molecule has 1 aromatic rings. The first-order valence-electron chi connectivity index (χ1n) is 9.54. The number of carboxylic acid groups (broad SMARTS) is 1. The molecule has 0 spiro atoms. The summed E-state index contributed by atoms with van der Waals surface area (Å²) in [4.78, 5) is 18.7. The van der Waals surface area contributed by atoms with Crippen LogP contribution in [0.4, 0.5) is 0 Å². The molecule has 3 aliphatic rings. The second kappa shape index (κ2) is 6.24. The third kappa shape index (κ3) is 3.64. The van der Waals surface area contributed by atoms with Gasteiger partial charge in [0, 0.05) is 24.7 Å². The number of aliphatic carboxylic acids is 1. The normalized spacial score (nSPS) is 28.7. The first kappa shape index (κ1) is 16.8. The van der Waals surface area contributed by atoms with Gasteiger partial charge in [-0.2, -0.15) is 0 Å². The number of nitrogens with zero attached hydrogens (tertiary/aromatic N) is 2. The van der Waals surface area contributed by atoms with Crippen LogP contribution in [0.15, 0.2) is 35.3 Å².